The van der Waals surface area contributed by atoms with Gasteiger partial charge < -0.3 is 25.0 Å². The molecule has 11 heteroatoms. The Morgan fingerprint density at radius 1 is 0.952 bits per heavy atom. The lowest BCUT2D eigenvalue weighted by atomic mass is 9.96. The summed E-state index contributed by atoms with van der Waals surface area (Å²) in [5, 5.41) is 7.34. The summed E-state index contributed by atoms with van der Waals surface area (Å²) in [5.74, 6) is 0.916. The van der Waals surface area contributed by atoms with Gasteiger partial charge >= 0.3 is 6.03 Å². The molecule has 6 rings (SSSR count). The van der Waals surface area contributed by atoms with Gasteiger partial charge in [-0.2, -0.15) is 9.97 Å². The van der Waals surface area contributed by atoms with Crippen LogP contribution in [0.4, 0.5) is 21.0 Å². The fraction of sp³-hybridized carbons (Fsp3) is 0.419. The van der Waals surface area contributed by atoms with Crippen LogP contribution in [0, 0.1) is 5.82 Å². The monoisotopic (exact) mass is 590 g/mol. The zero-order valence-electron chi connectivity index (χ0n) is 23.6. The van der Waals surface area contributed by atoms with Crippen molar-refractivity contribution in [3.05, 3.63) is 76.8 Å². The Balaban J connectivity index is 1.25. The number of aromatic nitrogens is 4. The predicted octanol–water partition coefficient (Wildman–Crippen LogP) is 5.83. The number of nitrogens with zero attached hydrogens (tertiary/aromatic N) is 6. The van der Waals surface area contributed by atoms with E-state index in [1.807, 2.05) is 33.7 Å². The molecule has 2 N–H and O–H groups in total. The van der Waals surface area contributed by atoms with Gasteiger partial charge in [-0.05, 0) is 48.6 Å². The van der Waals surface area contributed by atoms with Gasteiger partial charge in [0.25, 0.3) is 0 Å². The number of anilines is 2. The molecule has 0 bridgehead atoms. The van der Waals surface area contributed by atoms with Crippen LogP contribution in [0.3, 0.4) is 0 Å². The maximum atomic E-state index is 13.5. The highest BCUT2D eigenvalue weighted by Crippen LogP contribution is 2.26. The molecular formula is C31H36ClFN8O. The van der Waals surface area contributed by atoms with Gasteiger partial charge in [-0.25, -0.2) is 14.2 Å². The summed E-state index contributed by atoms with van der Waals surface area (Å²) in [6.45, 7) is 3.61. The smallest absolute Gasteiger partial charge is 0.317 e. The summed E-state index contributed by atoms with van der Waals surface area (Å²) < 4.78 is 15.4. The highest BCUT2D eigenvalue weighted by molar-refractivity contribution is 6.31. The van der Waals surface area contributed by atoms with Crippen LogP contribution < -0.4 is 15.5 Å². The van der Waals surface area contributed by atoms with E-state index in [-0.39, 0.29) is 17.9 Å². The summed E-state index contributed by atoms with van der Waals surface area (Å²) in [6.07, 6.45) is 8.33. The second-order valence-corrected chi connectivity index (χ2v) is 11.5. The van der Waals surface area contributed by atoms with Gasteiger partial charge in [0.2, 0.25) is 5.95 Å². The number of amides is 2. The molecule has 0 radical (unpaired) electrons. The van der Waals surface area contributed by atoms with E-state index < -0.39 is 0 Å². The maximum absolute atomic E-state index is 13.5. The maximum Gasteiger partial charge on any atom is 0.317 e. The number of rotatable bonds is 7. The molecule has 0 unspecified atom stereocenters. The standard InChI is InChI=1S/C31H36ClFN8O/c32-26-10-5-4-7-23(26)20-41-21-35-27-28(34-19-22-11-13-24(33)14-12-22)37-30(38-29(27)41)39-15-6-16-40(18-17-39)31(42)36-25-8-2-1-3-9-25/h4-5,7,10-14,21,25H,1-3,6,8-9,15-20H2,(H,36,42)(H,34,37,38). The Morgan fingerprint density at radius 3 is 2.57 bits per heavy atom. The number of carbonyl (C=O) groups excluding carboxylic acids is 1. The molecule has 4 aromatic rings. The molecule has 1 aliphatic carbocycles. The van der Waals surface area contributed by atoms with Crippen molar-refractivity contribution in [2.45, 2.75) is 57.7 Å². The molecule has 220 valence electrons. The second-order valence-electron chi connectivity index (χ2n) is 11.1. The van der Waals surface area contributed by atoms with E-state index in [1.54, 1.807) is 18.5 Å². The molecule has 0 atom stereocenters. The number of fused-ring (bicyclic) bond motifs is 1. The zero-order chi connectivity index (χ0) is 28.9. The first-order valence-electron chi connectivity index (χ1n) is 14.8. The van der Waals surface area contributed by atoms with Gasteiger partial charge in [-0.15, -0.1) is 0 Å². The minimum Gasteiger partial charge on any atom is -0.364 e. The minimum absolute atomic E-state index is 0.0274. The van der Waals surface area contributed by atoms with Crippen LogP contribution in [0.25, 0.3) is 11.2 Å². The highest BCUT2D eigenvalue weighted by atomic mass is 35.5. The normalized spacial score (nSPS) is 16.4. The minimum atomic E-state index is -0.272. The molecule has 2 aliphatic rings. The molecule has 3 heterocycles. The molecular weight excluding hydrogens is 555 g/mol. The van der Waals surface area contributed by atoms with Gasteiger partial charge in [0, 0.05) is 43.8 Å². The molecule has 2 aromatic heterocycles. The topological polar surface area (TPSA) is 91.2 Å². The van der Waals surface area contributed by atoms with Crippen molar-refractivity contribution in [2.75, 3.05) is 36.4 Å². The summed E-state index contributed by atoms with van der Waals surface area (Å²) >= 11 is 6.47. The van der Waals surface area contributed by atoms with Crippen LogP contribution in [0.15, 0.2) is 54.9 Å². The summed E-state index contributed by atoms with van der Waals surface area (Å²) in [5.41, 5.74) is 3.23. The van der Waals surface area contributed by atoms with Crippen LogP contribution in [0.2, 0.25) is 5.02 Å². The van der Waals surface area contributed by atoms with Crippen LogP contribution in [-0.4, -0.2) is 62.7 Å². The molecule has 1 saturated carbocycles. The van der Waals surface area contributed by atoms with Crippen molar-refractivity contribution in [3.8, 4) is 0 Å². The third-order valence-corrected chi connectivity index (χ3v) is 8.49. The van der Waals surface area contributed by atoms with Gasteiger partial charge in [0.1, 0.15) is 5.82 Å². The van der Waals surface area contributed by atoms with Gasteiger partial charge in [-0.3, -0.25) is 0 Å². The first-order valence-corrected chi connectivity index (χ1v) is 15.2. The van der Waals surface area contributed by atoms with E-state index in [1.165, 1.54) is 31.4 Å². The highest BCUT2D eigenvalue weighted by Gasteiger charge is 2.25. The van der Waals surface area contributed by atoms with E-state index >= 15 is 0 Å². The number of halogens is 2. The average Bonchev–Trinajstić information content (AvgIpc) is 3.24. The fourth-order valence-electron chi connectivity index (χ4n) is 5.74. The molecule has 2 amide bonds. The molecule has 2 aromatic carbocycles. The quantitative estimate of drug-likeness (QED) is 0.281. The lowest BCUT2D eigenvalue weighted by Crippen LogP contribution is -2.46. The molecule has 1 aliphatic heterocycles. The third-order valence-electron chi connectivity index (χ3n) is 8.12. The lowest BCUT2D eigenvalue weighted by Gasteiger charge is -2.27. The summed E-state index contributed by atoms with van der Waals surface area (Å²) in [4.78, 5) is 31.7. The van der Waals surface area contributed by atoms with Crippen LogP contribution in [-0.2, 0) is 13.1 Å². The number of hydrogen-bond donors (Lipinski definition) is 2. The number of urea groups is 1. The van der Waals surface area contributed by atoms with Crippen LogP contribution in [0.5, 0.6) is 0 Å². The van der Waals surface area contributed by atoms with Crippen LogP contribution in [0.1, 0.15) is 49.7 Å². The summed E-state index contributed by atoms with van der Waals surface area (Å²) in [7, 11) is 0. The van der Waals surface area contributed by atoms with Crippen molar-refractivity contribution in [1.82, 2.24) is 29.7 Å². The second kappa shape index (κ2) is 12.9. The Labute approximate surface area is 250 Å². The Kier molecular flexibility index (Phi) is 8.69. The van der Waals surface area contributed by atoms with E-state index in [9.17, 15) is 9.18 Å². The van der Waals surface area contributed by atoms with E-state index in [4.69, 9.17) is 21.6 Å². The van der Waals surface area contributed by atoms with E-state index in [2.05, 4.69) is 20.5 Å². The molecule has 42 heavy (non-hydrogen) atoms. The van der Waals surface area contributed by atoms with E-state index in [0.717, 1.165) is 36.9 Å². The average molecular weight is 591 g/mol. The van der Waals surface area contributed by atoms with Crippen molar-refractivity contribution in [1.29, 1.82) is 0 Å². The number of imidazole rings is 1. The first kappa shape index (κ1) is 28.2. The first-order chi connectivity index (χ1) is 20.5. The molecule has 0 spiro atoms. The number of benzene rings is 2. The fourth-order valence-corrected chi connectivity index (χ4v) is 5.94. The zero-order valence-corrected chi connectivity index (χ0v) is 24.4. The van der Waals surface area contributed by atoms with Crippen molar-refractivity contribution >= 4 is 40.6 Å². The largest absolute Gasteiger partial charge is 0.364 e. The van der Waals surface area contributed by atoms with Crippen LogP contribution >= 0.6 is 11.6 Å². The number of nitrogens with one attached hydrogen (secondary N) is 2. The third kappa shape index (κ3) is 6.59. The van der Waals surface area contributed by atoms with Gasteiger partial charge in [-0.1, -0.05) is 61.2 Å². The summed E-state index contributed by atoms with van der Waals surface area (Å²) in [6, 6.07) is 14.4. The predicted molar refractivity (Wildman–Crippen MR) is 163 cm³/mol. The Bertz CT molecular complexity index is 1520. The van der Waals surface area contributed by atoms with Crippen molar-refractivity contribution in [2.24, 2.45) is 0 Å². The lowest BCUT2D eigenvalue weighted by molar-refractivity contribution is 0.193. The Hall–Kier alpha value is -3.92. The number of carbonyl (C=O) groups is 1. The molecule has 1 saturated heterocycles. The van der Waals surface area contributed by atoms with Crippen molar-refractivity contribution < 1.29 is 9.18 Å². The van der Waals surface area contributed by atoms with E-state index in [0.29, 0.717) is 60.7 Å². The molecule has 9 nitrogen and oxygen atoms in total. The van der Waals surface area contributed by atoms with Crippen molar-refractivity contribution in [3.63, 3.8) is 0 Å². The van der Waals surface area contributed by atoms with Gasteiger partial charge in [0.05, 0.1) is 12.9 Å². The molecule has 2 fully saturated rings. The number of hydrogen-bond acceptors (Lipinski definition) is 6. The van der Waals surface area contributed by atoms with Gasteiger partial charge in [0.15, 0.2) is 17.0 Å². The SMILES string of the molecule is O=C(NC1CCCCC1)N1CCCN(c2nc(NCc3ccc(F)cc3)c3ncn(Cc4ccccc4Cl)c3n2)CC1. The Morgan fingerprint density at radius 2 is 1.76 bits per heavy atom.